The number of hydrogen-bond donors (Lipinski definition) is 1. The number of aryl methyl sites for hydroxylation is 1. The highest BCUT2D eigenvalue weighted by Crippen LogP contribution is 2.32. The number of benzene rings is 2. The van der Waals surface area contributed by atoms with Gasteiger partial charge in [0.15, 0.2) is 0 Å². The second-order valence-electron chi connectivity index (χ2n) is 11.5. The van der Waals surface area contributed by atoms with Gasteiger partial charge in [0.05, 0.1) is 21.4 Å². The molecular formula is C34H43N7O2S. The van der Waals surface area contributed by atoms with Crippen LogP contribution in [0.1, 0.15) is 52.9 Å². The maximum atomic E-state index is 14.1. The van der Waals surface area contributed by atoms with Crippen LogP contribution in [0.25, 0.3) is 6.08 Å². The fourth-order valence-electron chi connectivity index (χ4n) is 6.25. The van der Waals surface area contributed by atoms with Gasteiger partial charge >= 0.3 is 0 Å². The minimum absolute atomic E-state index is 0.0138. The molecule has 0 saturated carbocycles. The van der Waals surface area contributed by atoms with E-state index in [9.17, 15) is 9.00 Å². The molecule has 1 amide bonds. The highest BCUT2D eigenvalue weighted by Gasteiger charge is 2.31. The van der Waals surface area contributed by atoms with Crippen LogP contribution in [0, 0.1) is 6.92 Å². The van der Waals surface area contributed by atoms with E-state index in [2.05, 4.69) is 63.1 Å². The number of hydrogen-bond acceptors (Lipinski definition) is 7. The standard InChI is InChI=1S/C34H43N7O2S/c1-24-21-28(25(2)37-30-11-7-8-12-31(30)44(6)43)27-13-14-33(38(5)34(42)29(27)22-24)40-17-10-9-16-39(19-20-40)26-15-18-41(36-4)32(23-26)35-3/h7-8,11-15,18,21-23,25,33,37H,4,9-10,16-17,19-20H2,1-3,5-6H3/t25-,33?,44?/m1/s1. The van der Waals surface area contributed by atoms with E-state index < -0.39 is 10.8 Å². The number of nitrogens with one attached hydrogen (secondary N) is 1. The Morgan fingerprint density at radius 1 is 1.07 bits per heavy atom. The highest BCUT2D eigenvalue weighted by atomic mass is 32.2. The molecule has 0 aliphatic carbocycles. The minimum Gasteiger partial charge on any atom is -0.378 e. The smallest absolute Gasteiger partial charge is 0.255 e. The lowest BCUT2D eigenvalue weighted by atomic mass is 9.93. The quantitative estimate of drug-likeness (QED) is 0.390. The summed E-state index contributed by atoms with van der Waals surface area (Å²) in [4.78, 5) is 25.8. The first kappa shape index (κ1) is 31.4. The molecule has 1 aromatic heterocycles. The summed E-state index contributed by atoms with van der Waals surface area (Å²) in [5.74, 6) is 0.0138. The zero-order valence-electron chi connectivity index (χ0n) is 26.4. The number of amides is 1. The van der Waals surface area contributed by atoms with Crippen LogP contribution in [0.15, 0.2) is 75.8 Å². The van der Waals surface area contributed by atoms with Crippen LogP contribution >= 0.6 is 0 Å². The Hall–Kier alpha value is -4.02. The number of rotatable bonds is 7. The van der Waals surface area contributed by atoms with E-state index in [0.717, 1.165) is 77.5 Å². The molecule has 0 radical (unpaired) electrons. The zero-order chi connectivity index (χ0) is 31.4. The fraction of sp³-hybridized carbons (Fsp3) is 0.382. The number of likely N-dealkylation sites (N-methyl/N-ethyl adjacent to an activating group) is 1. The van der Waals surface area contributed by atoms with E-state index >= 15 is 0 Å². The highest BCUT2D eigenvalue weighted by molar-refractivity contribution is 7.84. The normalized spacial score (nSPS) is 19.5. The average molecular weight is 614 g/mol. The lowest BCUT2D eigenvalue weighted by molar-refractivity contribution is 0.0543. The number of pyridine rings is 1. The molecule has 2 unspecified atom stereocenters. The van der Waals surface area contributed by atoms with Crippen molar-refractivity contribution < 1.29 is 9.00 Å². The largest absolute Gasteiger partial charge is 0.378 e. The first-order valence-electron chi connectivity index (χ1n) is 15.1. The summed E-state index contributed by atoms with van der Waals surface area (Å²) in [6, 6.07) is 15.8. The van der Waals surface area contributed by atoms with Gasteiger partial charge in [0, 0.05) is 82.8 Å². The van der Waals surface area contributed by atoms with E-state index in [-0.39, 0.29) is 18.1 Å². The van der Waals surface area contributed by atoms with E-state index in [1.807, 2.05) is 61.5 Å². The van der Waals surface area contributed by atoms with E-state index in [1.165, 1.54) is 0 Å². The number of anilines is 2. The van der Waals surface area contributed by atoms with Crippen molar-refractivity contribution in [3.05, 3.63) is 88.5 Å². The topological polar surface area (TPSA) is 85.5 Å². The van der Waals surface area contributed by atoms with Gasteiger partial charge in [-0.25, -0.2) is 4.68 Å². The third kappa shape index (κ3) is 6.56. The van der Waals surface area contributed by atoms with Crippen molar-refractivity contribution in [3.63, 3.8) is 0 Å². The second-order valence-corrected chi connectivity index (χ2v) is 12.9. The Bertz CT molecular complexity index is 1660. The Kier molecular flexibility index (Phi) is 9.80. The van der Waals surface area contributed by atoms with Gasteiger partial charge in [-0.1, -0.05) is 24.3 Å². The van der Waals surface area contributed by atoms with Gasteiger partial charge in [-0.3, -0.25) is 18.9 Å². The summed E-state index contributed by atoms with van der Waals surface area (Å²) in [5.41, 5.74) is 6.42. The first-order valence-corrected chi connectivity index (χ1v) is 16.7. The van der Waals surface area contributed by atoms with Crippen LogP contribution < -0.4 is 15.7 Å². The Balaban J connectivity index is 1.41. The van der Waals surface area contributed by atoms with Gasteiger partial charge in [-0.2, -0.15) is 5.10 Å². The number of para-hydroxylation sites is 1. The van der Waals surface area contributed by atoms with Crippen molar-refractivity contribution in [2.45, 2.75) is 43.8 Å². The molecule has 0 spiro atoms. The molecule has 1 fully saturated rings. The van der Waals surface area contributed by atoms with Crippen LogP contribution in [0.5, 0.6) is 0 Å². The number of nitrogens with zero attached hydrogens (tertiary/aromatic N) is 6. The molecule has 5 rings (SSSR count). The Morgan fingerprint density at radius 2 is 1.84 bits per heavy atom. The molecule has 10 heteroatoms. The molecule has 3 aromatic rings. The van der Waals surface area contributed by atoms with E-state index in [4.69, 9.17) is 0 Å². The maximum absolute atomic E-state index is 14.1. The monoisotopic (exact) mass is 613 g/mol. The van der Waals surface area contributed by atoms with Gasteiger partial charge in [0.25, 0.3) is 5.91 Å². The second kappa shape index (κ2) is 13.7. The predicted molar refractivity (Wildman–Crippen MR) is 181 cm³/mol. The predicted octanol–water partition coefficient (Wildman–Crippen LogP) is 4.73. The summed E-state index contributed by atoms with van der Waals surface area (Å²) in [5, 5.41) is 7.59. The van der Waals surface area contributed by atoms with Gasteiger partial charge in [0.2, 0.25) is 0 Å². The third-order valence-electron chi connectivity index (χ3n) is 8.57. The minimum atomic E-state index is -1.12. The fourth-order valence-corrected chi connectivity index (χ4v) is 6.96. The number of carbonyl (C=O) groups is 1. The molecule has 1 N–H and O–H groups in total. The molecule has 2 aromatic carbocycles. The first-order chi connectivity index (χ1) is 21.2. The maximum Gasteiger partial charge on any atom is 0.255 e. The lowest BCUT2D eigenvalue weighted by Crippen LogP contribution is -2.51. The molecule has 0 bridgehead atoms. The van der Waals surface area contributed by atoms with Crippen molar-refractivity contribution in [2.75, 3.05) is 56.7 Å². The number of carbonyl (C=O) groups excluding carboxylic acids is 1. The summed E-state index contributed by atoms with van der Waals surface area (Å²) in [7, 11) is 2.55. The van der Waals surface area contributed by atoms with Crippen LogP contribution in [0.4, 0.5) is 11.4 Å². The van der Waals surface area contributed by atoms with Gasteiger partial charge in [-0.05, 0) is 73.7 Å². The molecular weight excluding hydrogens is 570 g/mol. The molecule has 3 atom stereocenters. The van der Waals surface area contributed by atoms with Crippen molar-refractivity contribution >= 4 is 40.9 Å². The number of fused-ring (bicyclic) bond motifs is 1. The Morgan fingerprint density at radius 3 is 2.59 bits per heavy atom. The molecule has 3 heterocycles. The molecule has 2 aliphatic rings. The summed E-state index contributed by atoms with van der Waals surface area (Å²) in [6.45, 7) is 11.3. The van der Waals surface area contributed by atoms with Crippen molar-refractivity contribution in [2.24, 2.45) is 10.1 Å². The van der Waals surface area contributed by atoms with Crippen molar-refractivity contribution in [3.8, 4) is 0 Å². The SMILES string of the molecule is C=Nn1ccc(N2CCCCN(C3C=Cc4c(cc(C)cc4[C@@H](C)Nc4ccccc4S(C)=O)C(=O)N3C)CC2)cc1=NC. The van der Waals surface area contributed by atoms with Crippen LogP contribution in [-0.2, 0) is 10.8 Å². The van der Waals surface area contributed by atoms with Crippen molar-refractivity contribution in [1.29, 1.82) is 0 Å². The average Bonchev–Trinajstić information content (AvgIpc) is 3.12. The molecule has 2 aliphatic heterocycles. The molecule has 44 heavy (non-hydrogen) atoms. The summed E-state index contributed by atoms with van der Waals surface area (Å²) in [6.07, 6.45) is 9.80. The van der Waals surface area contributed by atoms with Crippen LogP contribution in [0.2, 0.25) is 0 Å². The van der Waals surface area contributed by atoms with E-state index in [1.54, 1.807) is 18.0 Å². The molecule has 9 nitrogen and oxygen atoms in total. The Labute approximate surface area is 263 Å². The van der Waals surface area contributed by atoms with E-state index in [0.29, 0.717) is 5.56 Å². The van der Waals surface area contributed by atoms with Crippen molar-refractivity contribution in [1.82, 2.24) is 14.5 Å². The van der Waals surface area contributed by atoms with Gasteiger partial charge in [-0.15, -0.1) is 0 Å². The van der Waals surface area contributed by atoms with Gasteiger partial charge in [0.1, 0.15) is 11.7 Å². The van der Waals surface area contributed by atoms with Crippen LogP contribution in [0.3, 0.4) is 0 Å². The summed E-state index contributed by atoms with van der Waals surface area (Å²) < 4.78 is 14.0. The summed E-state index contributed by atoms with van der Waals surface area (Å²) >= 11 is 0. The molecule has 232 valence electrons. The third-order valence-corrected chi connectivity index (χ3v) is 9.55. The van der Waals surface area contributed by atoms with Crippen LogP contribution in [-0.4, -0.2) is 84.0 Å². The zero-order valence-corrected chi connectivity index (χ0v) is 27.2. The van der Waals surface area contributed by atoms with Gasteiger partial charge < -0.3 is 15.1 Å². The number of aromatic nitrogens is 1. The molecule has 1 saturated heterocycles. The lowest BCUT2D eigenvalue weighted by Gasteiger charge is -2.39.